The van der Waals surface area contributed by atoms with Gasteiger partial charge in [0.25, 0.3) is 5.91 Å². The van der Waals surface area contributed by atoms with E-state index in [4.69, 9.17) is 4.74 Å². The number of carbonyl (C=O) groups is 1. The number of benzene rings is 2. The molecular formula is C23H20N2O2S2. The number of hydrogen-bond donors (Lipinski definition) is 1. The normalized spacial score (nSPS) is 11.2. The Hall–Kier alpha value is -2.96. The first-order valence-electron chi connectivity index (χ1n) is 9.23. The number of thiophene rings is 1. The fraction of sp³-hybridized carbons (Fsp3) is 0.130. The number of ether oxygens (including phenoxy) is 1. The van der Waals surface area contributed by atoms with Crippen LogP contribution in [-0.2, 0) is 6.61 Å². The van der Waals surface area contributed by atoms with Crippen molar-refractivity contribution >= 4 is 50.0 Å². The zero-order valence-electron chi connectivity index (χ0n) is 16.1. The number of hydrogen-bond acceptors (Lipinski definition) is 5. The van der Waals surface area contributed by atoms with Gasteiger partial charge < -0.3 is 4.74 Å². The summed E-state index contributed by atoms with van der Waals surface area (Å²) in [5.74, 6) is 0.680. The summed E-state index contributed by atoms with van der Waals surface area (Å²) < 4.78 is 7.02. The van der Waals surface area contributed by atoms with Crippen molar-refractivity contribution in [2.45, 2.75) is 20.5 Å². The molecule has 0 fully saturated rings. The average Bonchev–Trinajstić information content (AvgIpc) is 3.35. The van der Waals surface area contributed by atoms with Crippen molar-refractivity contribution in [3.63, 3.8) is 0 Å². The zero-order chi connectivity index (χ0) is 20.2. The third-order valence-corrected chi connectivity index (χ3v) is 6.29. The second kappa shape index (κ2) is 8.59. The Bertz CT molecular complexity index is 1190. The van der Waals surface area contributed by atoms with E-state index in [2.05, 4.69) is 10.3 Å². The van der Waals surface area contributed by atoms with Crippen LogP contribution in [0.25, 0.3) is 16.3 Å². The summed E-state index contributed by atoms with van der Waals surface area (Å²) in [4.78, 5) is 17.8. The molecule has 0 saturated carbocycles. The third kappa shape index (κ3) is 4.39. The molecule has 2 aromatic heterocycles. The molecule has 0 atom stereocenters. The van der Waals surface area contributed by atoms with Gasteiger partial charge in [0.2, 0.25) is 0 Å². The Morgan fingerprint density at radius 1 is 1.21 bits per heavy atom. The van der Waals surface area contributed by atoms with Gasteiger partial charge in [-0.1, -0.05) is 53.8 Å². The molecule has 2 heterocycles. The molecule has 0 aliphatic rings. The van der Waals surface area contributed by atoms with Crippen LogP contribution in [0.4, 0.5) is 5.13 Å². The minimum atomic E-state index is -0.146. The number of amides is 1. The Morgan fingerprint density at radius 2 is 2.07 bits per heavy atom. The molecule has 4 nitrogen and oxygen atoms in total. The highest BCUT2D eigenvalue weighted by Gasteiger charge is 2.13. The zero-order valence-corrected chi connectivity index (χ0v) is 17.8. The predicted molar refractivity (Wildman–Crippen MR) is 122 cm³/mol. The maximum absolute atomic E-state index is 12.6. The van der Waals surface area contributed by atoms with Crippen LogP contribution in [0.2, 0.25) is 0 Å². The summed E-state index contributed by atoms with van der Waals surface area (Å²) >= 11 is 2.89. The summed E-state index contributed by atoms with van der Waals surface area (Å²) in [6, 6.07) is 15.8. The molecule has 0 radical (unpaired) electrons. The first-order chi connectivity index (χ1) is 14.1. The SMILES string of the molecule is C/C=C/c1ccccc1OCc1csc(C(=O)Nc2nc3c(C)cccc3s2)c1. The van der Waals surface area contributed by atoms with Gasteiger partial charge in [-0.2, -0.15) is 0 Å². The van der Waals surface area contributed by atoms with E-state index in [1.807, 2.05) is 79.9 Å². The van der Waals surface area contributed by atoms with E-state index in [1.54, 1.807) is 0 Å². The highest BCUT2D eigenvalue weighted by atomic mass is 32.1. The van der Waals surface area contributed by atoms with Gasteiger partial charge in [-0.25, -0.2) is 4.98 Å². The molecule has 29 heavy (non-hydrogen) atoms. The van der Waals surface area contributed by atoms with E-state index in [0.717, 1.165) is 32.7 Å². The van der Waals surface area contributed by atoms with Crippen LogP contribution in [0.1, 0.15) is 33.3 Å². The van der Waals surface area contributed by atoms with Crippen LogP contribution in [0, 0.1) is 6.92 Å². The fourth-order valence-corrected chi connectivity index (χ4v) is 4.69. The monoisotopic (exact) mass is 420 g/mol. The van der Waals surface area contributed by atoms with E-state index in [1.165, 1.54) is 22.7 Å². The van der Waals surface area contributed by atoms with Crippen molar-refractivity contribution in [2.75, 3.05) is 5.32 Å². The van der Waals surface area contributed by atoms with Crippen LogP contribution in [0.15, 0.2) is 60.0 Å². The largest absolute Gasteiger partial charge is 0.488 e. The van der Waals surface area contributed by atoms with Crippen molar-refractivity contribution in [3.8, 4) is 5.75 Å². The topological polar surface area (TPSA) is 51.2 Å². The minimum absolute atomic E-state index is 0.146. The third-order valence-electron chi connectivity index (χ3n) is 4.38. The molecular weight excluding hydrogens is 400 g/mol. The molecule has 1 N–H and O–H groups in total. The average molecular weight is 421 g/mol. The predicted octanol–water partition coefficient (Wildman–Crippen LogP) is 6.53. The fourth-order valence-electron chi connectivity index (χ4n) is 2.96. The number of rotatable bonds is 6. The molecule has 2 aromatic carbocycles. The second-order valence-corrected chi connectivity index (χ2v) is 8.48. The number of nitrogens with one attached hydrogen (secondary N) is 1. The number of aromatic nitrogens is 1. The van der Waals surface area contributed by atoms with Gasteiger partial charge in [0.1, 0.15) is 12.4 Å². The molecule has 146 valence electrons. The van der Waals surface area contributed by atoms with E-state index < -0.39 is 0 Å². The molecule has 0 unspecified atom stereocenters. The first-order valence-corrected chi connectivity index (χ1v) is 10.9. The number of para-hydroxylation sites is 2. The van der Waals surface area contributed by atoms with E-state index in [9.17, 15) is 4.79 Å². The highest BCUT2D eigenvalue weighted by molar-refractivity contribution is 7.22. The van der Waals surface area contributed by atoms with Gasteiger partial charge in [0.05, 0.1) is 15.1 Å². The van der Waals surface area contributed by atoms with Crippen LogP contribution >= 0.6 is 22.7 Å². The summed E-state index contributed by atoms with van der Waals surface area (Å²) in [5, 5.41) is 5.49. The molecule has 0 bridgehead atoms. The molecule has 4 rings (SSSR count). The smallest absolute Gasteiger partial charge is 0.267 e. The van der Waals surface area contributed by atoms with Gasteiger partial charge in [0, 0.05) is 11.1 Å². The minimum Gasteiger partial charge on any atom is -0.488 e. The molecule has 6 heteroatoms. The molecule has 1 amide bonds. The first kappa shape index (κ1) is 19.4. The van der Waals surface area contributed by atoms with Gasteiger partial charge in [-0.05, 0) is 43.0 Å². The quantitative estimate of drug-likeness (QED) is 0.386. The van der Waals surface area contributed by atoms with Crippen molar-refractivity contribution in [1.82, 2.24) is 4.98 Å². The maximum Gasteiger partial charge on any atom is 0.267 e. The standard InChI is InChI=1S/C23H20N2O2S2/c1-3-7-17-9-4-5-10-18(17)27-13-16-12-20(28-14-16)22(26)25-23-24-21-15(2)8-6-11-19(21)29-23/h3-12,14H,13H2,1-2H3,(H,24,25,26)/b7-3+. The maximum atomic E-state index is 12.6. The van der Waals surface area contributed by atoms with Crippen LogP contribution in [0.3, 0.4) is 0 Å². The number of carbonyl (C=O) groups excluding carboxylic acids is 1. The van der Waals surface area contributed by atoms with Gasteiger partial charge in [-0.15, -0.1) is 11.3 Å². The Labute approximate surface area is 177 Å². The second-order valence-electron chi connectivity index (χ2n) is 6.54. The van der Waals surface area contributed by atoms with Gasteiger partial charge in [0.15, 0.2) is 5.13 Å². The number of thiazole rings is 1. The van der Waals surface area contributed by atoms with E-state index in [0.29, 0.717) is 16.6 Å². The summed E-state index contributed by atoms with van der Waals surface area (Å²) in [6.07, 6.45) is 4.00. The van der Waals surface area contributed by atoms with Crippen molar-refractivity contribution in [1.29, 1.82) is 0 Å². The van der Waals surface area contributed by atoms with Crippen molar-refractivity contribution in [2.24, 2.45) is 0 Å². The Morgan fingerprint density at radius 3 is 2.90 bits per heavy atom. The van der Waals surface area contributed by atoms with Crippen molar-refractivity contribution < 1.29 is 9.53 Å². The summed E-state index contributed by atoms with van der Waals surface area (Å²) in [5.41, 5.74) is 4.05. The Balaban J connectivity index is 1.43. The molecule has 0 aliphatic carbocycles. The van der Waals surface area contributed by atoms with E-state index in [-0.39, 0.29) is 5.91 Å². The number of aryl methyl sites for hydroxylation is 1. The van der Waals surface area contributed by atoms with Gasteiger partial charge >= 0.3 is 0 Å². The van der Waals surface area contributed by atoms with Crippen LogP contribution < -0.4 is 10.1 Å². The number of nitrogens with zero attached hydrogens (tertiary/aromatic N) is 1. The van der Waals surface area contributed by atoms with Crippen molar-refractivity contribution in [3.05, 3.63) is 81.6 Å². The molecule has 0 spiro atoms. The van der Waals surface area contributed by atoms with E-state index >= 15 is 0 Å². The lowest BCUT2D eigenvalue weighted by atomic mass is 10.2. The lowest BCUT2D eigenvalue weighted by Crippen LogP contribution is -2.09. The molecule has 4 aromatic rings. The molecule has 0 aliphatic heterocycles. The van der Waals surface area contributed by atoms with Crippen LogP contribution in [0.5, 0.6) is 5.75 Å². The lowest BCUT2D eigenvalue weighted by molar-refractivity contribution is 0.103. The number of allylic oxidation sites excluding steroid dienone is 1. The molecule has 0 saturated heterocycles. The van der Waals surface area contributed by atoms with Crippen LogP contribution in [-0.4, -0.2) is 10.9 Å². The summed E-state index contributed by atoms with van der Waals surface area (Å²) in [6.45, 7) is 4.42. The summed E-state index contributed by atoms with van der Waals surface area (Å²) in [7, 11) is 0. The Kier molecular flexibility index (Phi) is 5.74. The highest BCUT2D eigenvalue weighted by Crippen LogP contribution is 2.29. The number of anilines is 1. The number of fused-ring (bicyclic) bond motifs is 1. The van der Waals surface area contributed by atoms with Gasteiger partial charge in [-0.3, -0.25) is 10.1 Å². The lowest BCUT2D eigenvalue weighted by Gasteiger charge is -2.08.